The fraction of sp³-hybridized carbons (Fsp3) is 0.467. The van der Waals surface area contributed by atoms with Crippen LogP contribution in [0.4, 0.5) is 0 Å². The predicted octanol–water partition coefficient (Wildman–Crippen LogP) is 3.70. The van der Waals surface area contributed by atoms with Crippen molar-refractivity contribution in [2.45, 2.75) is 32.7 Å². The summed E-state index contributed by atoms with van der Waals surface area (Å²) in [6.07, 6.45) is 2.02. The van der Waals surface area contributed by atoms with Crippen molar-refractivity contribution in [3.8, 4) is 5.75 Å². The second-order valence-electron chi connectivity index (χ2n) is 4.19. The minimum Gasteiger partial charge on any atom is -0.497 e. The number of methoxy groups -OCH3 is 1. The van der Waals surface area contributed by atoms with E-state index in [2.05, 4.69) is 37.9 Å². The molecule has 0 aliphatic rings. The number of benzene rings is 1. The van der Waals surface area contributed by atoms with E-state index in [0.29, 0.717) is 6.04 Å². The second kappa shape index (κ2) is 7.13. The van der Waals surface area contributed by atoms with Crippen LogP contribution in [0, 0.1) is 0 Å². The Labute approximate surface area is 105 Å². The minimum atomic E-state index is 0.336. The van der Waals surface area contributed by atoms with Gasteiger partial charge in [0.1, 0.15) is 5.75 Å². The fourth-order valence-corrected chi connectivity index (χ4v) is 1.85. The normalized spacial score (nSPS) is 12.2. The first-order valence-corrected chi connectivity index (χ1v) is 6.25. The van der Waals surface area contributed by atoms with E-state index in [1.54, 1.807) is 7.11 Å². The first kappa shape index (κ1) is 13.8. The summed E-state index contributed by atoms with van der Waals surface area (Å²) in [4.78, 5) is 0. The molecule has 0 radical (unpaired) electrons. The average Bonchev–Trinajstić information content (AvgIpc) is 2.38. The van der Waals surface area contributed by atoms with Crippen molar-refractivity contribution >= 4 is 0 Å². The highest BCUT2D eigenvalue weighted by Gasteiger charge is 2.11. The van der Waals surface area contributed by atoms with Gasteiger partial charge in [-0.15, -0.1) is 0 Å². The number of hydrogen-bond acceptors (Lipinski definition) is 2. The average molecular weight is 233 g/mol. The molecule has 17 heavy (non-hydrogen) atoms. The van der Waals surface area contributed by atoms with Crippen molar-refractivity contribution in [3.05, 3.63) is 42.0 Å². The van der Waals surface area contributed by atoms with Crippen LogP contribution in [0.3, 0.4) is 0 Å². The zero-order valence-electron chi connectivity index (χ0n) is 11.1. The smallest absolute Gasteiger partial charge is 0.119 e. The number of hydrogen-bond donors (Lipinski definition) is 1. The SMILES string of the molecule is C=C(CC)CC(NCC)c1cccc(OC)c1. The topological polar surface area (TPSA) is 21.3 Å². The third kappa shape index (κ3) is 4.23. The lowest BCUT2D eigenvalue weighted by Gasteiger charge is -2.19. The van der Waals surface area contributed by atoms with Crippen LogP contribution in [0.25, 0.3) is 0 Å². The summed E-state index contributed by atoms with van der Waals surface area (Å²) >= 11 is 0. The lowest BCUT2D eigenvalue weighted by Crippen LogP contribution is -2.21. The molecule has 0 aliphatic heterocycles. The summed E-state index contributed by atoms with van der Waals surface area (Å²) < 4.78 is 5.26. The molecule has 1 aromatic rings. The highest BCUT2D eigenvalue weighted by atomic mass is 16.5. The molecular formula is C15H23NO. The van der Waals surface area contributed by atoms with Crippen molar-refractivity contribution in [3.63, 3.8) is 0 Å². The van der Waals surface area contributed by atoms with Crippen LogP contribution in [0.15, 0.2) is 36.4 Å². The van der Waals surface area contributed by atoms with Crippen molar-refractivity contribution in [1.29, 1.82) is 0 Å². The van der Waals surface area contributed by atoms with Gasteiger partial charge < -0.3 is 10.1 Å². The Morgan fingerprint density at radius 2 is 2.18 bits per heavy atom. The molecule has 0 fully saturated rings. The summed E-state index contributed by atoms with van der Waals surface area (Å²) in [6.45, 7) is 9.33. The second-order valence-corrected chi connectivity index (χ2v) is 4.19. The molecule has 0 aliphatic carbocycles. The summed E-state index contributed by atoms with van der Waals surface area (Å²) in [6, 6.07) is 8.58. The zero-order valence-corrected chi connectivity index (χ0v) is 11.1. The van der Waals surface area contributed by atoms with Gasteiger partial charge in [-0.25, -0.2) is 0 Å². The molecule has 0 spiro atoms. The molecule has 0 saturated heterocycles. The number of nitrogens with one attached hydrogen (secondary N) is 1. The van der Waals surface area contributed by atoms with Gasteiger partial charge in [0.25, 0.3) is 0 Å². The fourth-order valence-electron chi connectivity index (χ4n) is 1.85. The first-order chi connectivity index (χ1) is 8.21. The van der Waals surface area contributed by atoms with Crippen LogP contribution in [-0.4, -0.2) is 13.7 Å². The van der Waals surface area contributed by atoms with Gasteiger partial charge in [0.2, 0.25) is 0 Å². The highest BCUT2D eigenvalue weighted by Crippen LogP contribution is 2.24. The van der Waals surface area contributed by atoms with Gasteiger partial charge in [-0.05, 0) is 37.1 Å². The molecule has 1 unspecified atom stereocenters. The van der Waals surface area contributed by atoms with Crippen LogP contribution in [0.1, 0.15) is 38.3 Å². The third-order valence-corrected chi connectivity index (χ3v) is 2.94. The molecule has 1 aromatic carbocycles. The standard InChI is InChI=1S/C15H23NO/c1-5-12(3)10-15(16-6-2)13-8-7-9-14(11-13)17-4/h7-9,11,15-16H,3,5-6,10H2,1-2,4H3. The summed E-state index contributed by atoms with van der Waals surface area (Å²) in [7, 11) is 1.70. The lowest BCUT2D eigenvalue weighted by atomic mass is 9.98. The van der Waals surface area contributed by atoms with Crippen LogP contribution in [0.2, 0.25) is 0 Å². The monoisotopic (exact) mass is 233 g/mol. The molecule has 0 aromatic heterocycles. The van der Waals surface area contributed by atoms with Crippen molar-refractivity contribution < 1.29 is 4.74 Å². The van der Waals surface area contributed by atoms with E-state index < -0.39 is 0 Å². The van der Waals surface area contributed by atoms with Crippen LogP contribution >= 0.6 is 0 Å². The Bertz CT molecular complexity index is 360. The Kier molecular flexibility index (Phi) is 5.78. The number of ether oxygens (including phenoxy) is 1. The number of rotatable bonds is 7. The predicted molar refractivity (Wildman–Crippen MR) is 73.5 cm³/mol. The molecule has 1 rings (SSSR count). The maximum Gasteiger partial charge on any atom is 0.119 e. The Hall–Kier alpha value is -1.28. The van der Waals surface area contributed by atoms with Gasteiger partial charge in [0, 0.05) is 6.04 Å². The molecule has 0 saturated carbocycles. The van der Waals surface area contributed by atoms with Gasteiger partial charge >= 0.3 is 0 Å². The Balaban J connectivity index is 2.84. The molecule has 1 atom stereocenters. The van der Waals surface area contributed by atoms with E-state index in [9.17, 15) is 0 Å². The molecule has 2 nitrogen and oxygen atoms in total. The largest absolute Gasteiger partial charge is 0.497 e. The van der Waals surface area contributed by atoms with Gasteiger partial charge in [-0.2, -0.15) is 0 Å². The van der Waals surface area contributed by atoms with Gasteiger partial charge in [0.15, 0.2) is 0 Å². The molecule has 2 heteroatoms. The molecule has 94 valence electrons. The molecule has 0 heterocycles. The molecule has 0 amide bonds. The van der Waals surface area contributed by atoms with Crippen LogP contribution in [-0.2, 0) is 0 Å². The van der Waals surface area contributed by atoms with Crippen LogP contribution in [0.5, 0.6) is 5.75 Å². The summed E-state index contributed by atoms with van der Waals surface area (Å²) in [5.41, 5.74) is 2.54. The van der Waals surface area contributed by atoms with E-state index in [1.807, 2.05) is 12.1 Å². The van der Waals surface area contributed by atoms with Crippen molar-refractivity contribution in [1.82, 2.24) is 5.32 Å². The van der Waals surface area contributed by atoms with Crippen molar-refractivity contribution in [2.24, 2.45) is 0 Å². The van der Waals surface area contributed by atoms with Crippen molar-refractivity contribution in [2.75, 3.05) is 13.7 Å². The molecule has 1 N–H and O–H groups in total. The first-order valence-electron chi connectivity index (χ1n) is 6.25. The van der Waals surface area contributed by atoms with Gasteiger partial charge in [-0.3, -0.25) is 0 Å². The van der Waals surface area contributed by atoms with E-state index in [-0.39, 0.29) is 0 Å². The molecular weight excluding hydrogens is 210 g/mol. The van der Waals surface area contributed by atoms with Crippen LogP contribution < -0.4 is 10.1 Å². The maximum absolute atomic E-state index is 5.26. The Morgan fingerprint density at radius 1 is 1.41 bits per heavy atom. The summed E-state index contributed by atoms with van der Waals surface area (Å²) in [5.74, 6) is 0.910. The van der Waals surface area contributed by atoms with E-state index in [4.69, 9.17) is 4.74 Å². The molecule has 0 bridgehead atoms. The third-order valence-electron chi connectivity index (χ3n) is 2.94. The van der Waals surface area contributed by atoms with Gasteiger partial charge in [0.05, 0.1) is 7.11 Å². The lowest BCUT2D eigenvalue weighted by molar-refractivity contribution is 0.413. The van der Waals surface area contributed by atoms with E-state index >= 15 is 0 Å². The Morgan fingerprint density at radius 3 is 2.76 bits per heavy atom. The minimum absolute atomic E-state index is 0.336. The van der Waals surface area contributed by atoms with Gasteiger partial charge in [-0.1, -0.05) is 38.1 Å². The summed E-state index contributed by atoms with van der Waals surface area (Å²) in [5, 5.41) is 3.50. The highest BCUT2D eigenvalue weighted by molar-refractivity contribution is 5.31. The van der Waals surface area contributed by atoms with E-state index in [1.165, 1.54) is 11.1 Å². The maximum atomic E-state index is 5.26. The quantitative estimate of drug-likeness (QED) is 0.725. The van der Waals surface area contributed by atoms with E-state index in [0.717, 1.165) is 25.1 Å². The zero-order chi connectivity index (χ0) is 12.7.